The summed E-state index contributed by atoms with van der Waals surface area (Å²) >= 11 is 0. The van der Waals surface area contributed by atoms with E-state index >= 15 is 0 Å². The van der Waals surface area contributed by atoms with E-state index in [2.05, 4.69) is 10.3 Å². The standard InChI is InChI=1S/C12H19N3O2/c1-15-6-5-13-11(15)9-14-12(16)8-10-4-2-3-7-17-10/h5-6,10H,2-4,7-9H2,1H3,(H,14,16)/t10-/m1/s1. The van der Waals surface area contributed by atoms with Crippen molar-refractivity contribution < 1.29 is 9.53 Å². The van der Waals surface area contributed by atoms with Crippen molar-refractivity contribution in [3.63, 3.8) is 0 Å². The SMILES string of the molecule is Cn1ccnc1CNC(=O)C[C@H]1CCCCO1. The third kappa shape index (κ3) is 3.56. The first-order valence-corrected chi connectivity index (χ1v) is 6.10. The Morgan fingerprint density at radius 2 is 2.53 bits per heavy atom. The third-order valence-electron chi connectivity index (χ3n) is 3.05. The van der Waals surface area contributed by atoms with Gasteiger partial charge in [-0.2, -0.15) is 0 Å². The van der Waals surface area contributed by atoms with E-state index in [0.717, 1.165) is 31.7 Å². The van der Waals surface area contributed by atoms with E-state index in [1.807, 2.05) is 17.8 Å². The number of carbonyl (C=O) groups excluding carboxylic acids is 1. The molecule has 0 saturated carbocycles. The highest BCUT2D eigenvalue weighted by Crippen LogP contribution is 2.15. The van der Waals surface area contributed by atoms with Gasteiger partial charge in [0.25, 0.3) is 0 Å². The highest BCUT2D eigenvalue weighted by molar-refractivity contribution is 5.76. The zero-order chi connectivity index (χ0) is 12.1. The van der Waals surface area contributed by atoms with Crippen LogP contribution in [0, 0.1) is 0 Å². The van der Waals surface area contributed by atoms with E-state index in [-0.39, 0.29) is 12.0 Å². The van der Waals surface area contributed by atoms with Crippen LogP contribution in [0.4, 0.5) is 0 Å². The first kappa shape index (κ1) is 12.1. The lowest BCUT2D eigenvalue weighted by molar-refractivity contribution is -0.125. The smallest absolute Gasteiger partial charge is 0.222 e. The molecule has 0 aliphatic carbocycles. The molecule has 1 N–H and O–H groups in total. The summed E-state index contributed by atoms with van der Waals surface area (Å²) in [5, 5.41) is 2.87. The maximum Gasteiger partial charge on any atom is 0.222 e. The molecule has 0 unspecified atom stereocenters. The van der Waals surface area contributed by atoms with Crippen LogP contribution in [0.1, 0.15) is 31.5 Å². The van der Waals surface area contributed by atoms with Crippen molar-refractivity contribution in [2.75, 3.05) is 6.61 Å². The highest BCUT2D eigenvalue weighted by atomic mass is 16.5. The van der Waals surface area contributed by atoms with Crippen molar-refractivity contribution in [1.29, 1.82) is 0 Å². The molecule has 0 spiro atoms. The Morgan fingerprint density at radius 1 is 1.65 bits per heavy atom. The molecule has 1 aliphatic heterocycles. The maximum absolute atomic E-state index is 11.7. The lowest BCUT2D eigenvalue weighted by atomic mass is 10.1. The fourth-order valence-corrected chi connectivity index (χ4v) is 1.99. The van der Waals surface area contributed by atoms with E-state index in [1.165, 1.54) is 0 Å². The van der Waals surface area contributed by atoms with Crippen LogP contribution in [0.15, 0.2) is 12.4 Å². The Labute approximate surface area is 101 Å². The fraction of sp³-hybridized carbons (Fsp3) is 0.667. The van der Waals surface area contributed by atoms with Crippen LogP contribution in [0.25, 0.3) is 0 Å². The second-order valence-corrected chi connectivity index (χ2v) is 4.42. The Kier molecular flexibility index (Phi) is 4.14. The van der Waals surface area contributed by atoms with Crippen molar-refractivity contribution in [2.45, 2.75) is 38.3 Å². The normalized spacial score (nSPS) is 20.2. The average Bonchev–Trinajstić information content (AvgIpc) is 2.74. The monoisotopic (exact) mass is 237 g/mol. The van der Waals surface area contributed by atoms with Crippen LogP contribution in [-0.2, 0) is 23.1 Å². The molecule has 1 aromatic rings. The molecule has 2 heterocycles. The molecular weight excluding hydrogens is 218 g/mol. The molecular formula is C12H19N3O2. The molecule has 1 saturated heterocycles. The number of imidazole rings is 1. The average molecular weight is 237 g/mol. The molecule has 1 fully saturated rings. The van der Waals surface area contributed by atoms with Gasteiger partial charge in [0, 0.05) is 26.0 Å². The number of aromatic nitrogens is 2. The number of hydrogen-bond acceptors (Lipinski definition) is 3. The minimum Gasteiger partial charge on any atom is -0.378 e. The van der Waals surface area contributed by atoms with E-state index in [4.69, 9.17) is 4.74 Å². The van der Waals surface area contributed by atoms with Gasteiger partial charge < -0.3 is 14.6 Å². The molecule has 17 heavy (non-hydrogen) atoms. The van der Waals surface area contributed by atoms with E-state index in [9.17, 15) is 4.79 Å². The van der Waals surface area contributed by atoms with Crippen molar-refractivity contribution in [3.8, 4) is 0 Å². The van der Waals surface area contributed by atoms with E-state index in [1.54, 1.807) is 6.20 Å². The van der Waals surface area contributed by atoms with Crippen LogP contribution in [-0.4, -0.2) is 28.2 Å². The summed E-state index contributed by atoms with van der Waals surface area (Å²) in [6.07, 6.45) is 7.44. The van der Waals surface area contributed by atoms with Crippen molar-refractivity contribution >= 4 is 5.91 Å². The first-order chi connectivity index (χ1) is 8.25. The summed E-state index contributed by atoms with van der Waals surface area (Å²) in [6, 6.07) is 0. The number of amides is 1. The highest BCUT2D eigenvalue weighted by Gasteiger charge is 2.17. The summed E-state index contributed by atoms with van der Waals surface area (Å²) < 4.78 is 7.43. The minimum absolute atomic E-state index is 0.0416. The number of rotatable bonds is 4. The number of aryl methyl sites for hydroxylation is 1. The molecule has 94 valence electrons. The molecule has 1 aromatic heterocycles. The summed E-state index contributed by atoms with van der Waals surface area (Å²) in [5.74, 6) is 0.905. The minimum atomic E-state index is 0.0416. The molecule has 1 amide bonds. The van der Waals surface area contributed by atoms with Crippen LogP contribution in [0.3, 0.4) is 0 Å². The number of carbonyl (C=O) groups is 1. The lowest BCUT2D eigenvalue weighted by Crippen LogP contribution is -2.30. The van der Waals surface area contributed by atoms with Gasteiger partial charge in [-0.25, -0.2) is 4.98 Å². The van der Waals surface area contributed by atoms with Gasteiger partial charge in [-0.1, -0.05) is 0 Å². The second-order valence-electron chi connectivity index (χ2n) is 4.42. The molecule has 5 nitrogen and oxygen atoms in total. The van der Waals surface area contributed by atoms with Crippen molar-refractivity contribution in [2.24, 2.45) is 7.05 Å². The Hall–Kier alpha value is -1.36. The molecule has 5 heteroatoms. The third-order valence-corrected chi connectivity index (χ3v) is 3.05. The van der Waals surface area contributed by atoms with E-state index in [0.29, 0.717) is 13.0 Å². The predicted molar refractivity (Wildman–Crippen MR) is 63.3 cm³/mol. The molecule has 0 bridgehead atoms. The number of hydrogen-bond donors (Lipinski definition) is 1. The van der Waals surface area contributed by atoms with Crippen LogP contribution in [0.2, 0.25) is 0 Å². The molecule has 1 atom stereocenters. The first-order valence-electron chi connectivity index (χ1n) is 6.10. The number of nitrogens with zero attached hydrogens (tertiary/aromatic N) is 2. The predicted octanol–water partition coefficient (Wildman–Crippen LogP) is 0.995. The largest absolute Gasteiger partial charge is 0.378 e. The van der Waals surface area contributed by atoms with Gasteiger partial charge in [0.15, 0.2) is 0 Å². The van der Waals surface area contributed by atoms with Gasteiger partial charge in [-0.3, -0.25) is 4.79 Å². The van der Waals surface area contributed by atoms with Crippen LogP contribution in [0.5, 0.6) is 0 Å². The molecule has 0 radical (unpaired) electrons. The van der Waals surface area contributed by atoms with Gasteiger partial charge >= 0.3 is 0 Å². The molecule has 0 aromatic carbocycles. The van der Waals surface area contributed by atoms with Gasteiger partial charge in [-0.15, -0.1) is 0 Å². The van der Waals surface area contributed by atoms with Crippen molar-refractivity contribution in [3.05, 3.63) is 18.2 Å². The Morgan fingerprint density at radius 3 is 3.18 bits per heavy atom. The Bertz CT molecular complexity index is 370. The summed E-state index contributed by atoms with van der Waals surface area (Å²) in [5.41, 5.74) is 0. The summed E-state index contributed by atoms with van der Waals surface area (Å²) in [4.78, 5) is 15.8. The van der Waals surface area contributed by atoms with Gasteiger partial charge in [0.2, 0.25) is 5.91 Å². The zero-order valence-electron chi connectivity index (χ0n) is 10.2. The number of ether oxygens (including phenoxy) is 1. The maximum atomic E-state index is 11.7. The van der Waals surface area contributed by atoms with Crippen LogP contribution >= 0.6 is 0 Å². The summed E-state index contributed by atoms with van der Waals surface area (Å²) in [6.45, 7) is 1.27. The number of nitrogens with one attached hydrogen (secondary N) is 1. The second kappa shape index (κ2) is 5.82. The van der Waals surface area contributed by atoms with Gasteiger partial charge in [-0.05, 0) is 19.3 Å². The van der Waals surface area contributed by atoms with E-state index < -0.39 is 0 Å². The quantitative estimate of drug-likeness (QED) is 0.849. The van der Waals surface area contributed by atoms with Crippen LogP contribution < -0.4 is 5.32 Å². The fourth-order valence-electron chi connectivity index (χ4n) is 1.99. The Balaban J connectivity index is 1.72. The molecule has 2 rings (SSSR count). The summed E-state index contributed by atoms with van der Waals surface area (Å²) in [7, 11) is 1.92. The van der Waals surface area contributed by atoms with Gasteiger partial charge in [0.1, 0.15) is 5.82 Å². The van der Waals surface area contributed by atoms with Gasteiger partial charge in [0.05, 0.1) is 19.1 Å². The topological polar surface area (TPSA) is 56.2 Å². The lowest BCUT2D eigenvalue weighted by Gasteiger charge is -2.21. The van der Waals surface area contributed by atoms with Crippen molar-refractivity contribution in [1.82, 2.24) is 14.9 Å². The molecule has 1 aliphatic rings. The zero-order valence-corrected chi connectivity index (χ0v) is 10.2.